The molecule has 1 aliphatic rings. The topological polar surface area (TPSA) is 64.4 Å². The Bertz CT molecular complexity index is 882. The molecule has 0 radical (unpaired) electrons. The summed E-state index contributed by atoms with van der Waals surface area (Å²) in [6, 6.07) is 5.05. The summed E-state index contributed by atoms with van der Waals surface area (Å²) in [6.45, 7) is 8.17. The molecule has 1 aliphatic heterocycles. The number of benzene rings is 1. The van der Waals surface area contributed by atoms with Crippen molar-refractivity contribution >= 4 is 10.0 Å². The van der Waals surface area contributed by atoms with Gasteiger partial charge < -0.3 is 9.30 Å². The van der Waals surface area contributed by atoms with Gasteiger partial charge in [0.25, 0.3) is 0 Å². The molecule has 0 N–H and O–H groups in total. The number of piperidine rings is 1. The van der Waals surface area contributed by atoms with E-state index in [1.54, 1.807) is 29.6 Å². The molecule has 1 fully saturated rings. The van der Waals surface area contributed by atoms with Gasteiger partial charge in [0.2, 0.25) is 10.0 Å². The lowest BCUT2D eigenvalue weighted by molar-refractivity contribution is 0.251. The Balaban J connectivity index is 1.66. The molecule has 27 heavy (non-hydrogen) atoms. The summed E-state index contributed by atoms with van der Waals surface area (Å²) in [4.78, 5) is 4.79. The molecule has 1 aromatic carbocycles. The van der Waals surface area contributed by atoms with Crippen molar-refractivity contribution in [2.45, 2.75) is 51.0 Å². The molecule has 0 atom stereocenters. The van der Waals surface area contributed by atoms with Crippen molar-refractivity contribution in [1.82, 2.24) is 13.9 Å². The van der Waals surface area contributed by atoms with Crippen molar-refractivity contribution in [3.8, 4) is 5.75 Å². The second-order valence-electron chi connectivity index (χ2n) is 7.57. The van der Waals surface area contributed by atoms with E-state index in [2.05, 4.69) is 23.4 Å². The first-order chi connectivity index (χ1) is 12.8. The van der Waals surface area contributed by atoms with Crippen molar-refractivity contribution in [3.63, 3.8) is 0 Å². The quantitative estimate of drug-likeness (QED) is 0.757. The zero-order chi connectivity index (χ0) is 19.6. The number of nitrogens with zero attached hydrogens (tertiary/aromatic N) is 3. The number of imidazole rings is 1. The molecule has 0 spiro atoms. The lowest BCUT2D eigenvalue weighted by Crippen LogP contribution is -2.39. The van der Waals surface area contributed by atoms with E-state index in [4.69, 9.17) is 4.74 Å². The van der Waals surface area contributed by atoms with Gasteiger partial charge in [-0.3, -0.25) is 0 Å². The van der Waals surface area contributed by atoms with Crippen LogP contribution in [0.3, 0.4) is 0 Å². The minimum Gasteiger partial charge on any atom is -0.496 e. The zero-order valence-corrected chi connectivity index (χ0v) is 17.4. The third kappa shape index (κ3) is 4.19. The number of methoxy groups -OCH3 is 1. The summed E-state index contributed by atoms with van der Waals surface area (Å²) in [5.41, 5.74) is 0.829. The molecule has 0 unspecified atom stereocenters. The van der Waals surface area contributed by atoms with E-state index in [9.17, 15) is 8.42 Å². The van der Waals surface area contributed by atoms with E-state index in [0.29, 0.717) is 35.6 Å². The first kappa shape index (κ1) is 19.9. The Morgan fingerprint density at radius 3 is 2.56 bits per heavy atom. The van der Waals surface area contributed by atoms with Gasteiger partial charge in [-0.1, -0.05) is 13.8 Å². The summed E-state index contributed by atoms with van der Waals surface area (Å²) in [6.07, 6.45) is 5.60. The number of hydrogen-bond acceptors (Lipinski definition) is 4. The summed E-state index contributed by atoms with van der Waals surface area (Å²) in [5.74, 6) is 2.66. The fourth-order valence-corrected chi connectivity index (χ4v) is 5.30. The highest BCUT2D eigenvalue weighted by molar-refractivity contribution is 7.89. The lowest BCUT2D eigenvalue weighted by atomic mass is 9.98. The molecule has 6 nitrogen and oxygen atoms in total. The number of hydrogen-bond donors (Lipinski definition) is 0. The number of ether oxygens (including phenoxy) is 1. The molecular weight excluding hydrogens is 362 g/mol. The van der Waals surface area contributed by atoms with Crippen molar-refractivity contribution in [2.24, 2.45) is 5.92 Å². The van der Waals surface area contributed by atoms with Crippen LogP contribution in [0.25, 0.3) is 0 Å². The summed E-state index contributed by atoms with van der Waals surface area (Å²) >= 11 is 0. The summed E-state index contributed by atoms with van der Waals surface area (Å²) in [7, 11) is -1.87. The van der Waals surface area contributed by atoms with Crippen LogP contribution in [-0.4, -0.2) is 42.5 Å². The van der Waals surface area contributed by atoms with Crippen LogP contribution in [0.2, 0.25) is 0 Å². The second-order valence-corrected chi connectivity index (χ2v) is 9.51. The van der Waals surface area contributed by atoms with Crippen LogP contribution in [0.5, 0.6) is 5.75 Å². The first-order valence-corrected chi connectivity index (χ1v) is 10.9. The van der Waals surface area contributed by atoms with Gasteiger partial charge in [0.1, 0.15) is 11.6 Å². The Morgan fingerprint density at radius 1 is 1.26 bits per heavy atom. The van der Waals surface area contributed by atoms with Crippen LogP contribution >= 0.6 is 0 Å². The number of rotatable bonds is 6. The van der Waals surface area contributed by atoms with Crippen LogP contribution in [0.15, 0.2) is 35.5 Å². The number of sulfonamides is 1. The Labute approximate surface area is 162 Å². The molecule has 1 saturated heterocycles. The zero-order valence-electron chi connectivity index (χ0n) is 16.6. The van der Waals surface area contributed by atoms with E-state index >= 15 is 0 Å². The van der Waals surface area contributed by atoms with E-state index in [1.807, 2.05) is 19.3 Å². The molecule has 3 rings (SSSR count). The van der Waals surface area contributed by atoms with Crippen molar-refractivity contribution in [2.75, 3.05) is 20.2 Å². The Morgan fingerprint density at radius 2 is 1.96 bits per heavy atom. The normalized spacial score (nSPS) is 16.8. The van der Waals surface area contributed by atoms with E-state index in [0.717, 1.165) is 30.8 Å². The van der Waals surface area contributed by atoms with Gasteiger partial charge in [-0.15, -0.1) is 0 Å². The molecule has 1 aromatic heterocycles. The SMILES string of the molecule is COc1ccc(S(=O)(=O)N2CCC(Cn3ccnc3C(C)C)CC2)cc1C. The molecule has 148 valence electrons. The Kier molecular flexibility index (Phi) is 5.91. The van der Waals surface area contributed by atoms with Crippen LogP contribution in [-0.2, 0) is 16.6 Å². The molecule has 0 aliphatic carbocycles. The highest BCUT2D eigenvalue weighted by Crippen LogP contribution is 2.28. The predicted octanol–water partition coefficient (Wildman–Crippen LogP) is 3.42. The van der Waals surface area contributed by atoms with Crippen LogP contribution in [0, 0.1) is 12.8 Å². The number of aryl methyl sites for hydroxylation is 1. The van der Waals surface area contributed by atoms with Gasteiger partial charge in [0.05, 0.1) is 12.0 Å². The average molecular weight is 392 g/mol. The van der Waals surface area contributed by atoms with E-state index in [1.165, 1.54) is 0 Å². The Hall–Kier alpha value is -1.86. The number of aromatic nitrogens is 2. The monoisotopic (exact) mass is 391 g/mol. The highest BCUT2D eigenvalue weighted by atomic mass is 32.2. The van der Waals surface area contributed by atoms with Crippen LogP contribution in [0.4, 0.5) is 0 Å². The van der Waals surface area contributed by atoms with Crippen molar-refractivity contribution < 1.29 is 13.2 Å². The van der Waals surface area contributed by atoms with Crippen molar-refractivity contribution in [3.05, 3.63) is 42.0 Å². The van der Waals surface area contributed by atoms with Gasteiger partial charge in [-0.25, -0.2) is 13.4 Å². The average Bonchev–Trinajstić information content (AvgIpc) is 3.10. The fraction of sp³-hybridized carbons (Fsp3) is 0.550. The molecule has 0 amide bonds. The maximum Gasteiger partial charge on any atom is 0.243 e. The van der Waals surface area contributed by atoms with Gasteiger partial charge in [0.15, 0.2) is 0 Å². The maximum atomic E-state index is 13.0. The highest BCUT2D eigenvalue weighted by Gasteiger charge is 2.30. The minimum atomic E-state index is -3.46. The standard InChI is InChI=1S/C20H29N3O3S/c1-15(2)20-21-9-12-22(20)14-17-7-10-23(11-8-17)27(24,25)18-5-6-19(26-4)16(3)13-18/h5-6,9,12-13,15,17H,7-8,10-11,14H2,1-4H3. The van der Waals surface area contributed by atoms with Crippen LogP contribution in [0.1, 0.15) is 44.0 Å². The predicted molar refractivity (Wildman–Crippen MR) is 106 cm³/mol. The molecule has 0 bridgehead atoms. The van der Waals surface area contributed by atoms with Crippen LogP contribution < -0.4 is 4.74 Å². The third-order valence-corrected chi connectivity index (χ3v) is 7.19. The fourth-order valence-electron chi connectivity index (χ4n) is 3.75. The maximum absolute atomic E-state index is 13.0. The summed E-state index contributed by atoms with van der Waals surface area (Å²) < 4.78 is 35.0. The minimum absolute atomic E-state index is 0.343. The first-order valence-electron chi connectivity index (χ1n) is 9.48. The molecular formula is C20H29N3O3S. The molecule has 7 heteroatoms. The molecule has 0 saturated carbocycles. The largest absolute Gasteiger partial charge is 0.496 e. The van der Waals surface area contributed by atoms with Gasteiger partial charge >= 0.3 is 0 Å². The van der Waals surface area contributed by atoms with E-state index < -0.39 is 10.0 Å². The van der Waals surface area contributed by atoms with Gasteiger partial charge in [0, 0.05) is 37.9 Å². The second kappa shape index (κ2) is 8.02. The van der Waals surface area contributed by atoms with E-state index in [-0.39, 0.29) is 0 Å². The van der Waals surface area contributed by atoms with Crippen molar-refractivity contribution in [1.29, 1.82) is 0 Å². The molecule has 2 aromatic rings. The smallest absolute Gasteiger partial charge is 0.243 e. The summed E-state index contributed by atoms with van der Waals surface area (Å²) in [5, 5.41) is 0. The van der Waals surface area contributed by atoms with Gasteiger partial charge in [-0.2, -0.15) is 4.31 Å². The molecule has 2 heterocycles. The van der Waals surface area contributed by atoms with Gasteiger partial charge in [-0.05, 0) is 49.4 Å². The lowest BCUT2D eigenvalue weighted by Gasteiger charge is -2.31. The third-order valence-electron chi connectivity index (χ3n) is 5.30.